The normalized spacial score (nSPS) is 13.9. The van der Waals surface area contributed by atoms with E-state index in [9.17, 15) is 4.79 Å². The van der Waals surface area contributed by atoms with Crippen LogP contribution in [0.3, 0.4) is 0 Å². The largest absolute Gasteiger partial charge is 0.294 e. The Labute approximate surface area is 184 Å². The number of nitrogens with zero attached hydrogens (tertiary/aromatic N) is 2. The Morgan fingerprint density at radius 2 is 1.71 bits per heavy atom. The van der Waals surface area contributed by atoms with Crippen LogP contribution in [0.4, 0.5) is 0 Å². The molecule has 3 aromatic carbocycles. The summed E-state index contributed by atoms with van der Waals surface area (Å²) in [7, 11) is 0. The van der Waals surface area contributed by atoms with Gasteiger partial charge in [0.05, 0.1) is 6.21 Å². The number of carbonyl (C=O) groups excluding carboxylic acids is 1. The third-order valence-electron chi connectivity index (χ3n) is 6.30. The molecule has 0 fully saturated rings. The molecule has 0 radical (unpaired) electrons. The van der Waals surface area contributed by atoms with Gasteiger partial charge in [-0.05, 0) is 78.3 Å². The molecular formula is C27H29N3O. The van der Waals surface area contributed by atoms with Crippen LogP contribution >= 0.6 is 0 Å². The van der Waals surface area contributed by atoms with Crippen LogP contribution < -0.4 is 5.43 Å². The third kappa shape index (κ3) is 4.92. The van der Waals surface area contributed by atoms with Gasteiger partial charge in [-0.1, -0.05) is 48.5 Å². The van der Waals surface area contributed by atoms with Gasteiger partial charge < -0.3 is 0 Å². The van der Waals surface area contributed by atoms with Crippen molar-refractivity contribution < 1.29 is 4.79 Å². The van der Waals surface area contributed by atoms with Gasteiger partial charge in [0.1, 0.15) is 0 Å². The van der Waals surface area contributed by atoms with Crippen molar-refractivity contribution in [3.05, 3.63) is 105 Å². The second-order valence-electron chi connectivity index (χ2n) is 8.35. The lowest BCUT2D eigenvalue weighted by molar-refractivity contribution is 0.0955. The predicted molar refractivity (Wildman–Crippen MR) is 126 cm³/mol. The lowest BCUT2D eigenvalue weighted by Crippen LogP contribution is -2.30. The molecule has 0 spiro atoms. The topological polar surface area (TPSA) is 44.7 Å². The van der Waals surface area contributed by atoms with E-state index in [1.807, 2.05) is 30.3 Å². The number of carbonyl (C=O) groups is 1. The fourth-order valence-electron chi connectivity index (χ4n) is 4.05. The molecule has 1 aliphatic rings. The van der Waals surface area contributed by atoms with Gasteiger partial charge in [-0.2, -0.15) is 5.10 Å². The van der Waals surface area contributed by atoms with Crippen molar-refractivity contribution in [1.82, 2.24) is 10.3 Å². The molecule has 3 aromatic rings. The molecule has 0 atom stereocenters. The summed E-state index contributed by atoms with van der Waals surface area (Å²) < 4.78 is 0. The molecule has 0 saturated carbocycles. The van der Waals surface area contributed by atoms with Gasteiger partial charge in [-0.15, -0.1) is 0 Å². The van der Waals surface area contributed by atoms with Gasteiger partial charge in [0.2, 0.25) is 0 Å². The van der Waals surface area contributed by atoms with Crippen molar-refractivity contribution in [2.75, 3.05) is 6.54 Å². The SMILES string of the molecule is Cc1ccc(/C=N/NC(=O)c2ccc(CN3CCc4ccccc4C3)cc2)c(C)c1C. The lowest BCUT2D eigenvalue weighted by Gasteiger charge is -2.28. The van der Waals surface area contributed by atoms with E-state index in [0.29, 0.717) is 5.56 Å². The molecule has 1 amide bonds. The van der Waals surface area contributed by atoms with Gasteiger partial charge in [-0.3, -0.25) is 9.69 Å². The highest BCUT2D eigenvalue weighted by molar-refractivity contribution is 5.95. The Kier molecular flexibility index (Phi) is 6.28. The van der Waals surface area contributed by atoms with Crippen molar-refractivity contribution in [2.24, 2.45) is 5.10 Å². The highest BCUT2D eigenvalue weighted by Gasteiger charge is 2.16. The van der Waals surface area contributed by atoms with E-state index in [2.05, 4.69) is 66.5 Å². The molecule has 0 aromatic heterocycles. The van der Waals surface area contributed by atoms with Crippen LogP contribution in [0.25, 0.3) is 0 Å². The standard InChI is InChI=1S/C27H29N3O/c1-19-8-11-25(21(3)20(19)2)16-28-29-27(31)24-12-9-22(10-13-24)17-30-15-14-23-6-4-5-7-26(23)18-30/h4-13,16H,14-15,17-18H2,1-3H3,(H,29,31)/b28-16+. The summed E-state index contributed by atoms with van der Waals surface area (Å²) in [6, 6.07) is 20.6. The zero-order chi connectivity index (χ0) is 21.8. The maximum Gasteiger partial charge on any atom is 0.271 e. The first-order chi connectivity index (χ1) is 15.0. The van der Waals surface area contributed by atoms with Crippen LogP contribution in [0.15, 0.2) is 65.8 Å². The second kappa shape index (κ2) is 9.27. The van der Waals surface area contributed by atoms with E-state index in [1.165, 1.54) is 33.4 Å². The summed E-state index contributed by atoms with van der Waals surface area (Å²) in [5.41, 5.74) is 12.1. The predicted octanol–water partition coefficient (Wildman–Crippen LogP) is 4.93. The summed E-state index contributed by atoms with van der Waals surface area (Å²) in [4.78, 5) is 14.9. The van der Waals surface area contributed by atoms with Crippen LogP contribution in [0.2, 0.25) is 0 Å². The Morgan fingerprint density at radius 3 is 2.48 bits per heavy atom. The fourth-order valence-corrected chi connectivity index (χ4v) is 4.05. The van der Waals surface area contributed by atoms with Crippen molar-refractivity contribution in [1.29, 1.82) is 0 Å². The molecular weight excluding hydrogens is 382 g/mol. The van der Waals surface area contributed by atoms with Crippen molar-refractivity contribution in [2.45, 2.75) is 40.3 Å². The summed E-state index contributed by atoms with van der Waals surface area (Å²) in [6.07, 6.45) is 2.80. The first-order valence-corrected chi connectivity index (χ1v) is 10.8. The number of aryl methyl sites for hydroxylation is 1. The minimum absolute atomic E-state index is 0.198. The zero-order valence-corrected chi connectivity index (χ0v) is 18.5. The summed E-state index contributed by atoms with van der Waals surface area (Å²) in [5.74, 6) is -0.198. The summed E-state index contributed by atoms with van der Waals surface area (Å²) >= 11 is 0. The molecule has 0 bridgehead atoms. The van der Waals surface area contributed by atoms with Crippen molar-refractivity contribution >= 4 is 12.1 Å². The fraction of sp³-hybridized carbons (Fsp3) is 0.259. The minimum atomic E-state index is -0.198. The molecule has 1 aliphatic heterocycles. The number of rotatable bonds is 5. The number of hydrazone groups is 1. The number of hydrogen-bond acceptors (Lipinski definition) is 3. The molecule has 1 N–H and O–H groups in total. The quantitative estimate of drug-likeness (QED) is 0.478. The highest BCUT2D eigenvalue weighted by Crippen LogP contribution is 2.20. The number of fused-ring (bicyclic) bond motifs is 1. The Bertz CT molecular complexity index is 1120. The zero-order valence-electron chi connectivity index (χ0n) is 18.5. The second-order valence-corrected chi connectivity index (χ2v) is 8.35. The number of hydrogen-bond donors (Lipinski definition) is 1. The summed E-state index contributed by atoms with van der Waals surface area (Å²) in [6.45, 7) is 9.20. The van der Waals surface area contributed by atoms with Crippen LogP contribution in [0.5, 0.6) is 0 Å². The molecule has 4 nitrogen and oxygen atoms in total. The highest BCUT2D eigenvalue weighted by atomic mass is 16.2. The molecule has 1 heterocycles. The average Bonchev–Trinajstić information content (AvgIpc) is 2.79. The molecule has 4 rings (SSSR count). The maximum absolute atomic E-state index is 12.4. The lowest BCUT2D eigenvalue weighted by atomic mass is 9.99. The van der Waals surface area contributed by atoms with Crippen LogP contribution in [0.1, 0.15) is 49.3 Å². The number of benzene rings is 3. The van der Waals surface area contributed by atoms with E-state index >= 15 is 0 Å². The van der Waals surface area contributed by atoms with Gasteiger partial charge in [0.15, 0.2) is 0 Å². The Hall–Kier alpha value is -3.24. The third-order valence-corrected chi connectivity index (χ3v) is 6.30. The van der Waals surface area contributed by atoms with Crippen LogP contribution in [0, 0.1) is 20.8 Å². The van der Waals surface area contributed by atoms with E-state index in [0.717, 1.165) is 31.6 Å². The van der Waals surface area contributed by atoms with Gasteiger partial charge in [-0.25, -0.2) is 5.43 Å². The first-order valence-electron chi connectivity index (χ1n) is 10.8. The van der Waals surface area contributed by atoms with E-state index < -0.39 is 0 Å². The molecule has 0 unspecified atom stereocenters. The van der Waals surface area contributed by atoms with E-state index in [-0.39, 0.29) is 5.91 Å². The Balaban J connectivity index is 1.34. The van der Waals surface area contributed by atoms with E-state index in [1.54, 1.807) is 6.21 Å². The minimum Gasteiger partial charge on any atom is -0.294 e. The van der Waals surface area contributed by atoms with Crippen molar-refractivity contribution in [3.63, 3.8) is 0 Å². The molecule has 4 heteroatoms. The molecule has 158 valence electrons. The summed E-state index contributed by atoms with van der Waals surface area (Å²) in [5, 5.41) is 4.15. The molecule has 0 saturated heterocycles. The van der Waals surface area contributed by atoms with Gasteiger partial charge in [0.25, 0.3) is 5.91 Å². The molecule has 31 heavy (non-hydrogen) atoms. The van der Waals surface area contributed by atoms with E-state index in [4.69, 9.17) is 0 Å². The monoisotopic (exact) mass is 411 g/mol. The average molecular weight is 412 g/mol. The number of nitrogens with one attached hydrogen (secondary N) is 1. The molecule has 0 aliphatic carbocycles. The van der Waals surface area contributed by atoms with Crippen molar-refractivity contribution in [3.8, 4) is 0 Å². The van der Waals surface area contributed by atoms with Gasteiger partial charge >= 0.3 is 0 Å². The first kappa shape index (κ1) is 21.0. The Morgan fingerprint density at radius 1 is 0.968 bits per heavy atom. The van der Waals surface area contributed by atoms with Gasteiger partial charge in [0, 0.05) is 25.2 Å². The maximum atomic E-state index is 12.4. The van der Waals surface area contributed by atoms with Crippen LogP contribution in [-0.4, -0.2) is 23.6 Å². The smallest absolute Gasteiger partial charge is 0.271 e. The number of amides is 1. The van der Waals surface area contributed by atoms with Crippen LogP contribution in [-0.2, 0) is 19.5 Å².